The van der Waals surface area contributed by atoms with Crippen LogP contribution in [0.2, 0.25) is 0 Å². The van der Waals surface area contributed by atoms with Gasteiger partial charge in [0, 0.05) is 12.1 Å². The summed E-state index contributed by atoms with van der Waals surface area (Å²) in [4.78, 5) is 18.1. The van der Waals surface area contributed by atoms with Crippen molar-refractivity contribution in [3.05, 3.63) is 17.2 Å². The van der Waals surface area contributed by atoms with Gasteiger partial charge in [-0.05, 0) is 19.8 Å². The third kappa shape index (κ3) is 1.43. The number of nitrogens with one attached hydrogen (secondary N) is 1. The number of aromatic nitrogens is 2. The zero-order chi connectivity index (χ0) is 9.42. The topological polar surface area (TPSA) is 66.0 Å². The molecule has 0 saturated heterocycles. The van der Waals surface area contributed by atoms with Gasteiger partial charge in [0.15, 0.2) is 0 Å². The molecular formula is C9H12N2O2. The Hall–Kier alpha value is -1.32. The maximum absolute atomic E-state index is 10.7. The van der Waals surface area contributed by atoms with E-state index < -0.39 is 5.97 Å². The van der Waals surface area contributed by atoms with Gasteiger partial charge in [0.1, 0.15) is 5.82 Å². The van der Waals surface area contributed by atoms with Crippen LogP contribution in [0.15, 0.2) is 0 Å². The molecule has 0 aliphatic heterocycles. The number of aromatic amines is 1. The number of nitrogens with zero attached hydrogens (tertiary/aromatic N) is 1. The summed E-state index contributed by atoms with van der Waals surface area (Å²) in [5, 5.41) is 8.84. The summed E-state index contributed by atoms with van der Waals surface area (Å²) >= 11 is 0. The highest BCUT2D eigenvalue weighted by Crippen LogP contribution is 2.23. The number of carbonyl (C=O) groups is 1. The average Bonchev–Trinajstić information content (AvgIpc) is 2.42. The van der Waals surface area contributed by atoms with Crippen LogP contribution >= 0.6 is 0 Å². The first-order valence-electron chi connectivity index (χ1n) is 4.44. The highest BCUT2D eigenvalue weighted by atomic mass is 16.4. The predicted molar refractivity (Wildman–Crippen MR) is 46.5 cm³/mol. The first-order chi connectivity index (χ1) is 6.16. The summed E-state index contributed by atoms with van der Waals surface area (Å²) < 4.78 is 0. The van der Waals surface area contributed by atoms with Gasteiger partial charge < -0.3 is 10.1 Å². The number of aliphatic carboxylic acids is 1. The molecule has 4 nitrogen and oxygen atoms in total. The molecule has 0 spiro atoms. The zero-order valence-corrected chi connectivity index (χ0v) is 7.50. The number of H-pyrrole nitrogens is 1. The normalized spacial score (nSPS) is 21.2. The summed E-state index contributed by atoms with van der Waals surface area (Å²) in [6.07, 6.45) is 2.11. The largest absolute Gasteiger partial charge is 0.481 e. The van der Waals surface area contributed by atoms with Crippen molar-refractivity contribution >= 4 is 5.97 Å². The molecule has 1 heterocycles. The molecule has 70 valence electrons. The first-order valence-corrected chi connectivity index (χ1v) is 4.44. The lowest BCUT2D eigenvalue weighted by atomic mass is 9.90. The van der Waals surface area contributed by atoms with Crippen LogP contribution in [0.4, 0.5) is 0 Å². The number of aryl methyl sites for hydroxylation is 2. The van der Waals surface area contributed by atoms with Crippen LogP contribution in [-0.2, 0) is 17.6 Å². The fourth-order valence-corrected chi connectivity index (χ4v) is 1.83. The van der Waals surface area contributed by atoms with Crippen molar-refractivity contribution in [2.75, 3.05) is 0 Å². The van der Waals surface area contributed by atoms with E-state index in [1.54, 1.807) is 0 Å². The fourth-order valence-electron chi connectivity index (χ4n) is 1.83. The van der Waals surface area contributed by atoms with Crippen molar-refractivity contribution in [2.24, 2.45) is 5.92 Å². The van der Waals surface area contributed by atoms with E-state index >= 15 is 0 Å². The van der Waals surface area contributed by atoms with Crippen molar-refractivity contribution in [1.82, 2.24) is 9.97 Å². The molecule has 1 aliphatic rings. The van der Waals surface area contributed by atoms with Crippen molar-refractivity contribution in [1.29, 1.82) is 0 Å². The Kier molecular flexibility index (Phi) is 1.83. The number of carboxylic acids is 1. The summed E-state index contributed by atoms with van der Waals surface area (Å²) in [5.41, 5.74) is 2.06. The third-order valence-electron chi connectivity index (χ3n) is 2.51. The number of hydrogen-bond donors (Lipinski definition) is 2. The minimum absolute atomic E-state index is 0.229. The molecule has 0 unspecified atom stereocenters. The molecule has 1 aromatic rings. The second kappa shape index (κ2) is 2.87. The Morgan fingerprint density at radius 2 is 2.46 bits per heavy atom. The smallest absolute Gasteiger partial charge is 0.306 e. The Bertz CT molecular complexity index is 343. The minimum atomic E-state index is -0.696. The van der Waals surface area contributed by atoms with Crippen molar-refractivity contribution in [3.63, 3.8) is 0 Å². The van der Waals surface area contributed by atoms with Gasteiger partial charge in [0.25, 0.3) is 0 Å². The molecule has 0 bridgehead atoms. The Morgan fingerprint density at radius 1 is 1.69 bits per heavy atom. The molecule has 4 heteroatoms. The van der Waals surface area contributed by atoms with Crippen LogP contribution in [0.1, 0.15) is 23.6 Å². The van der Waals surface area contributed by atoms with Crippen molar-refractivity contribution in [3.8, 4) is 0 Å². The molecule has 0 saturated carbocycles. The summed E-state index contributed by atoms with van der Waals surface area (Å²) in [7, 11) is 0. The predicted octanol–water partition coefficient (Wildman–Crippen LogP) is 0.908. The summed E-state index contributed by atoms with van der Waals surface area (Å²) in [6.45, 7) is 1.90. The van der Waals surface area contributed by atoms with E-state index in [9.17, 15) is 4.79 Å². The highest BCUT2D eigenvalue weighted by Gasteiger charge is 2.26. The maximum Gasteiger partial charge on any atom is 0.306 e. The number of fused-ring (bicyclic) bond motifs is 1. The monoisotopic (exact) mass is 180 g/mol. The second-order valence-electron chi connectivity index (χ2n) is 3.53. The van der Waals surface area contributed by atoms with E-state index in [2.05, 4.69) is 9.97 Å². The van der Waals surface area contributed by atoms with E-state index in [4.69, 9.17) is 5.11 Å². The summed E-state index contributed by atoms with van der Waals surface area (Å²) in [6, 6.07) is 0. The second-order valence-corrected chi connectivity index (χ2v) is 3.53. The van der Waals surface area contributed by atoms with E-state index in [0.29, 0.717) is 12.8 Å². The zero-order valence-electron chi connectivity index (χ0n) is 7.50. The van der Waals surface area contributed by atoms with Crippen molar-refractivity contribution in [2.45, 2.75) is 26.2 Å². The van der Waals surface area contributed by atoms with Crippen molar-refractivity contribution < 1.29 is 9.90 Å². The molecule has 1 aliphatic carbocycles. The summed E-state index contributed by atoms with van der Waals surface area (Å²) in [5.74, 6) is -0.0405. The lowest BCUT2D eigenvalue weighted by Gasteiger charge is -2.16. The van der Waals surface area contributed by atoms with Gasteiger partial charge >= 0.3 is 5.97 Å². The molecule has 1 aromatic heterocycles. The molecule has 1 atom stereocenters. The van der Waals surface area contributed by atoms with Crippen LogP contribution in [0.25, 0.3) is 0 Å². The molecule has 0 aromatic carbocycles. The maximum atomic E-state index is 10.7. The van der Waals surface area contributed by atoms with E-state index in [1.165, 1.54) is 0 Å². The Morgan fingerprint density at radius 3 is 3.15 bits per heavy atom. The minimum Gasteiger partial charge on any atom is -0.481 e. The van der Waals surface area contributed by atoms with Gasteiger partial charge in [0.2, 0.25) is 0 Å². The van der Waals surface area contributed by atoms with Gasteiger partial charge in [-0.2, -0.15) is 0 Å². The first kappa shape index (κ1) is 8.29. The molecule has 13 heavy (non-hydrogen) atoms. The van der Waals surface area contributed by atoms with E-state index in [1.807, 2.05) is 6.92 Å². The van der Waals surface area contributed by atoms with E-state index in [-0.39, 0.29) is 5.92 Å². The van der Waals surface area contributed by atoms with Gasteiger partial charge in [-0.25, -0.2) is 4.98 Å². The molecule has 0 radical (unpaired) electrons. The molecule has 2 N–H and O–H groups in total. The fraction of sp³-hybridized carbons (Fsp3) is 0.556. The van der Waals surface area contributed by atoms with Crippen LogP contribution in [0, 0.1) is 12.8 Å². The molecule has 2 rings (SSSR count). The van der Waals surface area contributed by atoms with E-state index in [0.717, 1.165) is 23.6 Å². The van der Waals surface area contributed by atoms with Crippen LogP contribution in [0.5, 0.6) is 0 Å². The number of carboxylic acid groups (broad SMARTS) is 1. The van der Waals surface area contributed by atoms with Gasteiger partial charge in [0.05, 0.1) is 11.6 Å². The molecule has 0 fully saturated rings. The lowest BCUT2D eigenvalue weighted by molar-refractivity contribution is -0.142. The van der Waals surface area contributed by atoms with Crippen LogP contribution in [0.3, 0.4) is 0 Å². The lowest BCUT2D eigenvalue weighted by Crippen LogP contribution is -2.22. The van der Waals surface area contributed by atoms with Gasteiger partial charge in [-0.15, -0.1) is 0 Å². The Labute approximate surface area is 76.0 Å². The standard InChI is InChI=1S/C9H12N2O2/c1-5-10-7-3-2-6(9(12)13)4-8(7)11-5/h6H,2-4H2,1H3,(H,10,11)(H,12,13)/t6-/m1/s1. The quantitative estimate of drug-likeness (QED) is 0.675. The highest BCUT2D eigenvalue weighted by molar-refractivity contribution is 5.70. The van der Waals surface area contributed by atoms with Gasteiger partial charge in [-0.3, -0.25) is 4.79 Å². The van der Waals surface area contributed by atoms with Crippen LogP contribution < -0.4 is 0 Å². The molecule has 0 amide bonds. The number of imidazole rings is 1. The SMILES string of the molecule is Cc1nc2c([nH]1)C[C@H](C(=O)O)CC2. The van der Waals surface area contributed by atoms with Gasteiger partial charge in [-0.1, -0.05) is 0 Å². The average molecular weight is 180 g/mol. The number of hydrogen-bond acceptors (Lipinski definition) is 2. The third-order valence-corrected chi connectivity index (χ3v) is 2.51. The molecular weight excluding hydrogens is 168 g/mol. The Balaban J connectivity index is 2.24. The van der Waals surface area contributed by atoms with Crippen LogP contribution in [-0.4, -0.2) is 21.0 Å². The number of rotatable bonds is 1.